The summed E-state index contributed by atoms with van der Waals surface area (Å²) >= 11 is 0. The van der Waals surface area contributed by atoms with Crippen LogP contribution in [0.4, 0.5) is 5.69 Å². The van der Waals surface area contributed by atoms with Crippen molar-refractivity contribution in [2.24, 2.45) is 5.92 Å². The number of nitrogens with zero attached hydrogens (tertiary/aromatic N) is 1. The number of nitrogens with one attached hydrogen (secondary N) is 1. The van der Waals surface area contributed by atoms with Gasteiger partial charge in [0.15, 0.2) is 6.10 Å². The molecule has 1 atom stereocenters. The van der Waals surface area contributed by atoms with Crippen LogP contribution in [0.15, 0.2) is 54.6 Å². The van der Waals surface area contributed by atoms with Crippen molar-refractivity contribution in [3.05, 3.63) is 65.7 Å². The number of carbonyl (C=O) groups is 1. The number of para-hydroxylation sites is 1. The smallest absolute Gasteiger partial charge is 0.258 e. The van der Waals surface area contributed by atoms with E-state index < -0.39 is 6.10 Å². The highest BCUT2D eigenvalue weighted by Gasteiger charge is 2.31. The maximum Gasteiger partial charge on any atom is 0.258 e. The first kappa shape index (κ1) is 17.3. The summed E-state index contributed by atoms with van der Waals surface area (Å²) in [6.45, 7) is 3.72. The van der Waals surface area contributed by atoms with Gasteiger partial charge in [0.25, 0.3) is 5.91 Å². The Morgan fingerprint density at radius 3 is 2.54 bits per heavy atom. The van der Waals surface area contributed by atoms with E-state index in [4.69, 9.17) is 4.74 Å². The molecule has 4 heteroatoms. The van der Waals surface area contributed by atoms with Crippen molar-refractivity contribution in [2.75, 3.05) is 31.6 Å². The SMILES string of the molecule is O=C1Nc2ccccc2C1OCCN1CCC(Cc2ccccc2)CC1. The lowest BCUT2D eigenvalue weighted by Gasteiger charge is -2.32. The molecular formula is C22H26N2O2. The highest BCUT2D eigenvalue weighted by molar-refractivity contribution is 6.01. The normalized spacial score (nSPS) is 20.8. The number of piperidine rings is 1. The highest BCUT2D eigenvalue weighted by Crippen LogP contribution is 2.32. The number of rotatable bonds is 6. The van der Waals surface area contributed by atoms with E-state index in [0.717, 1.165) is 36.8 Å². The van der Waals surface area contributed by atoms with Gasteiger partial charge in [-0.15, -0.1) is 0 Å². The van der Waals surface area contributed by atoms with Gasteiger partial charge in [0.05, 0.1) is 6.61 Å². The molecule has 0 aliphatic carbocycles. The lowest BCUT2D eigenvalue weighted by molar-refractivity contribution is -0.127. The Balaban J connectivity index is 1.20. The molecule has 2 aromatic carbocycles. The van der Waals surface area contributed by atoms with Crippen molar-refractivity contribution < 1.29 is 9.53 Å². The second-order valence-corrected chi connectivity index (χ2v) is 7.30. The molecule has 0 saturated carbocycles. The molecule has 2 heterocycles. The zero-order valence-electron chi connectivity index (χ0n) is 15.1. The molecule has 4 nitrogen and oxygen atoms in total. The van der Waals surface area contributed by atoms with E-state index in [1.54, 1.807) is 0 Å². The van der Waals surface area contributed by atoms with E-state index in [9.17, 15) is 4.79 Å². The molecule has 1 N–H and O–H groups in total. The van der Waals surface area contributed by atoms with Crippen LogP contribution in [0.1, 0.15) is 30.1 Å². The molecule has 1 fully saturated rings. The number of benzene rings is 2. The van der Waals surface area contributed by atoms with Crippen molar-refractivity contribution in [3.8, 4) is 0 Å². The summed E-state index contributed by atoms with van der Waals surface area (Å²) in [5.74, 6) is 0.731. The lowest BCUT2D eigenvalue weighted by Crippen LogP contribution is -2.36. The fourth-order valence-corrected chi connectivity index (χ4v) is 4.01. The van der Waals surface area contributed by atoms with E-state index in [1.165, 1.54) is 24.8 Å². The predicted octanol–water partition coefficient (Wildman–Crippen LogP) is 3.65. The molecule has 1 unspecified atom stereocenters. The summed E-state index contributed by atoms with van der Waals surface area (Å²) in [5.41, 5.74) is 3.28. The molecule has 136 valence electrons. The summed E-state index contributed by atoms with van der Waals surface area (Å²) in [6, 6.07) is 18.6. The molecule has 1 amide bonds. The average Bonchev–Trinajstić information content (AvgIpc) is 2.99. The van der Waals surface area contributed by atoms with Gasteiger partial charge >= 0.3 is 0 Å². The number of amides is 1. The Morgan fingerprint density at radius 1 is 1.00 bits per heavy atom. The van der Waals surface area contributed by atoms with Gasteiger partial charge in [-0.2, -0.15) is 0 Å². The van der Waals surface area contributed by atoms with E-state index in [-0.39, 0.29) is 5.91 Å². The van der Waals surface area contributed by atoms with E-state index in [0.29, 0.717) is 6.61 Å². The van der Waals surface area contributed by atoms with E-state index in [1.807, 2.05) is 24.3 Å². The third-order valence-electron chi connectivity index (χ3n) is 5.51. The van der Waals surface area contributed by atoms with Crippen LogP contribution >= 0.6 is 0 Å². The zero-order valence-corrected chi connectivity index (χ0v) is 15.1. The van der Waals surface area contributed by atoms with Gasteiger partial charge in [0.1, 0.15) is 0 Å². The number of ether oxygens (including phenoxy) is 1. The van der Waals surface area contributed by atoms with Crippen LogP contribution < -0.4 is 5.32 Å². The summed E-state index contributed by atoms with van der Waals surface area (Å²) in [7, 11) is 0. The number of hydrogen-bond donors (Lipinski definition) is 1. The Labute approximate surface area is 155 Å². The summed E-state index contributed by atoms with van der Waals surface area (Å²) in [5, 5.41) is 2.89. The van der Waals surface area contributed by atoms with Crippen LogP contribution in [-0.2, 0) is 16.0 Å². The zero-order chi connectivity index (χ0) is 17.8. The Kier molecular flexibility index (Phi) is 5.32. The first-order valence-electron chi connectivity index (χ1n) is 9.57. The predicted molar refractivity (Wildman–Crippen MR) is 103 cm³/mol. The first-order valence-corrected chi connectivity index (χ1v) is 9.57. The molecule has 0 aromatic heterocycles. The van der Waals surface area contributed by atoms with Crippen LogP contribution in [0.3, 0.4) is 0 Å². The molecule has 26 heavy (non-hydrogen) atoms. The van der Waals surface area contributed by atoms with E-state index >= 15 is 0 Å². The van der Waals surface area contributed by atoms with Crippen molar-refractivity contribution >= 4 is 11.6 Å². The quantitative estimate of drug-likeness (QED) is 0.865. The third kappa shape index (κ3) is 3.97. The summed E-state index contributed by atoms with van der Waals surface area (Å²) in [6.07, 6.45) is 3.20. The third-order valence-corrected chi connectivity index (χ3v) is 5.51. The van der Waals surface area contributed by atoms with Crippen LogP contribution in [0.5, 0.6) is 0 Å². The maximum atomic E-state index is 12.1. The number of carbonyl (C=O) groups excluding carboxylic acids is 1. The second kappa shape index (κ2) is 8.02. The van der Waals surface area contributed by atoms with Crippen molar-refractivity contribution in [1.29, 1.82) is 0 Å². The molecule has 0 spiro atoms. The molecule has 1 saturated heterocycles. The van der Waals surface area contributed by atoms with Crippen LogP contribution in [0.25, 0.3) is 0 Å². The maximum absolute atomic E-state index is 12.1. The van der Waals surface area contributed by atoms with Gasteiger partial charge in [-0.3, -0.25) is 4.79 Å². The second-order valence-electron chi connectivity index (χ2n) is 7.30. The van der Waals surface area contributed by atoms with Crippen LogP contribution in [-0.4, -0.2) is 37.0 Å². The number of anilines is 1. The summed E-state index contributed by atoms with van der Waals surface area (Å²) in [4.78, 5) is 14.5. The standard InChI is InChI=1S/C22H26N2O2/c25-22-21(19-8-4-5-9-20(19)23-22)26-15-14-24-12-10-18(11-13-24)16-17-6-2-1-3-7-17/h1-9,18,21H,10-16H2,(H,23,25). The fourth-order valence-electron chi connectivity index (χ4n) is 4.01. The average molecular weight is 350 g/mol. The van der Waals surface area contributed by atoms with Gasteiger partial charge in [-0.05, 0) is 49.9 Å². The van der Waals surface area contributed by atoms with Gasteiger partial charge < -0.3 is 15.0 Å². The molecule has 2 aliphatic rings. The topological polar surface area (TPSA) is 41.6 Å². The first-order chi connectivity index (χ1) is 12.8. The number of likely N-dealkylation sites (tertiary alicyclic amines) is 1. The molecule has 4 rings (SSSR count). The summed E-state index contributed by atoms with van der Waals surface area (Å²) < 4.78 is 5.91. The number of fused-ring (bicyclic) bond motifs is 1. The fraction of sp³-hybridized carbons (Fsp3) is 0.409. The van der Waals surface area contributed by atoms with Crippen molar-refractivity contribution in [2.45, 2.75) is 25.4 Å². The van der Waals surface area contributed by atoms with Crippen LogP contribution in [0.2, 0.25) is 0 Å². The molecule has 0 radical (unpaired) electrons. The Hall–Kier alpha value is -2.17. The molecular weight excluding hydrogens is 324 g/mol. The minimum absolute atomic E-state index is 0.0484. The minimum Gasteiger partial charge on any atom is -0.362 e. The van der Waals surface area contributed by atoms with Crippen molar-refractivity contribution in [1.82, 2.24) is 4.90 Å². The molecule has 2 aliphatic heterocycles. The highest BCUT2D eigenvalue weighted by atomic mass is 16.5. The van der Waals surface area contributed by atoms with Gasteiger partial charge in [-0.25, -0.2) is 0 Å². The van der Waals surface area contributed by atoms with Crippen LogP contribution in [0, 0.1) is 5.92 Å². The van der Waals surface area contributed by atoms with E-state index in [2.05, 4.69) is 40.5 Å². The Morgan fingerprint density at radius 2 is 1.73 bits per heavy atom. The van der Waals surface area contributed by atoms with Gasteiger partial charge in [0.2, 0.25) is 0 Å². The number of hydrogen-bond acceptors (Lipinski definition) is 3. The largest absolute Gasteiger partial charge is 0.362 e. The van der Waals surface area contributed by atoms with Gasteiger partial charge in [0, 0.05) is 17.8 Å². The van der Waals surface area contributed by atoms with Crippen molar-refractivity contribution in [3.63, 3.8) is 0 Å². The molecule has 0 bridgehead atoms. The minimum atomic E-state index is -0.457. The Bertz CT molecular complexity index is 739. The lowest BCUT2D eigenvalue weighted by atomic mass is 9.90. The monoisotopic (exact) mass is 350 g/mol. The van der Waals surface area contributed by atoms with Gasteiger partial charge in [-0.1, -0.05) is 48.5 Å². The molecule has 2 aromatic rings.